The molecule has 15 aromatic carbocycles. The molecule has 18 aromatic rings. The fourth-order valence-corrected chi connectivity index (χ4v) is 20.0. The molecule has 0 atom stereocenters. The first-order valence-corrected chi connectivity index (χ1v) is 32.5. The van der Waals surface area contributed by atoms with Crippen LogP contribution in [0.2, 0.25) is 0 Å². The van der Waals surface area contributed by atoms with Gasteiger partial charge in [-0.2, -0.15) is 0 Å². The SMILES string of the molecule is c1ccc(-c2cc(-c3ccccc3)cc([Si](c3ccccc3)(c3ccccc3)c3ccc(-n4c5ccc(-n6c7ccccc7c7cc(-n8c9ccccc9c9ccccc98)ccc76)cc5c5c6c7ccccc7c7ccccc7c6ccc54)cc3)c2)cc1. The Morgan fingerprint density at radius 2 is 0.511 bits per heavy atom. The minimum atomic E-state index is -3.08. The molecule has 4 heteroatoms. The van der Waals surface area contributed by atoms with Crippen LogP contribution in [0.25, 0.3) is 137 Å². The van der Waals surface area contributed by atoms with E-state index in [0.717, 1.165) is 22.6 Å². The lowest BCUT2D eigenvalue weighted by molar-refractivity contribution is 1.16. The molecule has 3 heterocycles. The van der Waals surface area contributed by atoms with Gasteiger partial charge < -0.3 is 13.7 Å². The molecule has 0 aliphatic heterocycles. The van der Waals surface area contributed by atoms with Gasteiger partial charge in [-0.3, -0.25) is 0 Å². The normalized spacial score (nSPS) is 12.1. The predicted octanol–water partition coefficient (Wildman–Crippen LogP) is 19.1. The van der Waals surface area contributed by atoms with Gasteiger partial charge in [-0.25, -0.2) is 0 Å². The monoisotopic (exact) mass is 1130 g/mol. The van der Waals surface area contributed by atoms with E-state index in [-0.39, 0.29) is 0 Å². The second kappa shape index (κ2) is 19.9. The molecule has 3 aromatic heterocycles. The van der Waals surface area contributed by atoms with E-state index in [1.807, 2.05) is 0 Å². The predicted molar refractivity (Wildman–Crippen MR) is 376 cm³/mol. The van der Waals surface area contributed by atoms with Crippen molar-refractivity contribution in [3.05, 3.63) is 334 Å². The highest BCUT2D eigenvalue weighted by Gasteiger charge is 2.42. The maximum Gasteiger partial charge on any atom is 0.179 e. The molecular weight excluding hydrogens is 1080 g/mol. The summed E-state index contributed by atoms with van der Waals surface area (Å²) in [6, 6.07) is 125. The second-order valence-corrected chi connectivity index (χ2v) is 27.3. The standard InChI is InChI=1S/C84H55N3Si/c1-5-23-56(24-6-1)58-51-59(57-25-7-2-8-26-57)53-66(52-58)88(63-27-9-3-10-28-63,64-29-11-4-12-30-64)65-45-41-60(42-46-65)85-81-49-44-62(55-76(81)84-82(85)50-47-74-69-33-14-13-31-67(69)68-32-15-16-37-73(68)83(74)84)87-79-40-22-19-36-72(79)75-54-61(43-48-80(75)87)86-77-38-20-17-34-70(77)71-35-18-21-39-78(71)86/h1-55H. The maximum atomic E-state index is 2.53. The first-order valence-electron chi connectivity index (χ1n) is 30.5. The molecule has 3 nitrogen and oxygen atoms in total. The largest absolute Gasteiger partial charge is 0.309 e. The van der Waals surface area contributed by atoms with Crippen molar-refractivity contribution in [3.8, 4) is 39.3 Å². The van der Waals surface area contributed by atoms with E-state index >= 15 is 0 Å². The highest BCUT2D eigenvalue weighted by Crippen LogP contribution is 2.45. The van der Waals surface area contributed by atoms with Gasteiger partial charge >= 0.3 is 0 Å². The van der Waals surface area contributed by atoms with Crippen LogP contribution >= 0.6 is 0 Å². The number of nitrogens with zero attached hydrogens (tertiary/aromatic N) is 3. The first kappa shape index (κ1) is 50.1. The molecule has 0 unspecified atom stereocenters. The summed E-state index contributed by atoms with van der Waals surface area (Å²) in [4.78, 5) is 0. The summed E-state index contributed by atoms with van der Waals surface area (Å²) in [5.41, 5.74) is 15.3. The molecule has 410 valence electrons. The molecule has 88 heavy (non-hydrogen) atoms. The van der Waals surface area contributed by atoms with E-state index in [0.29, 0.717) is 0 Å². The van der Waals surface area contributed by atoms with Crippen molar-refractivity contribution in [1.82, 2.24) is 13.7 Å². The highest BCUT2D eigenvalue weighted by molar-refractivity contribution is 7.20. The van der Waals surface area contributed by atoms with E-state index in [1.54, 1.807) is 0 Å². The molecule has 0 N–H and O–H groups in total. The molecule has 0 amide bonds. The lowest BCUT2D eigenvalue weighted by Gasteiger charge is -2.35. The van der Waals surface area contributed by atoms with Gasteiger partial charge in [0, 0.05) is 54.8 Å². The van der Waals surface area contributed by atoms with Crippen molar-refractivity contribution >= 4 is 127 Å². The lowest BCUT2D eigenvalue weighted by Crippen LogP contribution is -2.74. The maximum absolute atomic E-state index is 3.08. The van der Waals surface area contributed by atoms with Gasteiger partial charge in [0.25, 0.3) is 0 Å². The summed E-state index contributed by atoms with van der Waals surface area (Å²) in [6.07, 6.45) is 0. The Morgan fingerprint density at radius 3 is 1.02 bits per heavy atom. The van der Waals surface area contributed by atoms with E-state index < -0.39 is 8.07 Å². The van der Waals surface area contributed by atoms with Crippen LogP contribution in [0.3, 0.4) is 0 Å². The number of fused-ring (bicyclic) bond motifs is 16. The Hall–Kier alpha value is -11.3. The average molecular weight is 1130 g/mol. The number of hydrogen-bond donors (Lipinski definition) is 0. The molecule has 0 radical (unpaired) electrons. The van der Waals surface area contributed by atoms with Crippen molar-refractivity contribution in [2.24, 2.45) is 0 Å². The quantitative estimate of drug-likeness (QED) is 0.0777. The average Bonchev–Trinajstić information content (AvgIpc) is 1.45. The van der Waals surface area contributed by atoms with Crippen molar-refractivity contribution < 1.29 is 0 Å². The minimum absolute atomic E-state index is 1.11. The van der Waals surface area contributed by atoms with E-state index in [9.17, 15) is 0 Å². The molecule has 0 fully saturated rings. The molecule has 0 spiro atoms. The van der Waals surface area contributed by atoms with Gasteiger partial charge in [-0.15, -0.1) is 0 Å². The van der Waals surface area contributed by atoms with Crippen LogP contribution < -0.4 is 20.7 Å². The molecule has 0 aliphatic carbocycles. The third-order valence-corrected chi connectivity index (χ3v) is 23.7. The zero-order chi connectivity index (χ0) is 57.9. The zero-order valence-electron chi connectivity index (χ0n) is 48.1. The summed E-state index contributed by atoms with van der Waals surface area (Å²) < 4.78 is 7.45. The minimum Gasteiger partial charge on any atom is -0.309 e. The fraction of sp³-hybridized carbons (Fsp3) is 0. The van der Waals surface area contributed by atoms with Crippen molar-refractivity contribution in [1.29, 1.82) is 0 Å². The Morgan fingerprint density at radius 1 is 0.170 bits per heavy atom. The van der Waals surface area contributed by atoms with Crippen LogP contribution in [-0.2, 0) is 0 Å². The summed E-state index contributed by atoms with van der Waals surface area (Å²) in [5, 5.41) is 20.3. The Bertz CT molecular complexity index is 5600. The van der Waals surface area contributed by atoms with E-state index in [4.69, 9.17) is 0 Å². The number of aromatic nitrogens is 3. The molecular formula is C84H55N3Si. The van der Waals surface area contributed by atoms with Crippen LogP contribution in [-0.4, -0.2) is 21.8 Å². The van der Waals surface area contributed by atoms with Gasteiger partial charge in [0.05, 0.1) is 33.1 Å². The Labute approximate surface area is 510 Å². The van der Waals surface area contributed by atoms with Crippen molar-refractivity contribution in [3.63, 3.8) is 0 Å². The molecule has 18 rings (SSSR count). The van der Waals surface area contributed by atoms with Gasteiger partial charge in [-0.1, -0.05) is 255 Å². The van der Waals surface area contributed by atoms with Crippen molar-refractivity contribution in [2.45, 2.75) is 0 Å². The van der Waals surface area contributed by atoms with E-state index in [2.05, 4.69) is 347 Å². The Kier molecular flexibility index (Phi) is 11.3. The Balaban J connectivity index is 0.886. The number of hydrogen-bond acceptors (Lipinski definition) is 0. The summed E-state index contributed by atoms with van der Waals surface area (Å²) in [5.74, 6) is 0. The third-order valence-electron chi connectivity index (χ3n) is 18.9. The fourth-order valence-electron chi connectivity index (χ4n) is 15.2. The van der Waals surface area contributed by atoms with Crippen molar-refractivity contribution in [2.75, 3.05) is 0 Å². The number of rotatable bonds is 9. The van der Waals surface area contributed by atoms with Crippen LogP contribution in [0.15, 0.2) is 334 Å². The highest BCUT2D eigenvalue weighted by atomic mass is 28.3. The topological polar surface area (TPSA) is 14.8 Å². The number of para-hydroxylation sites is 3. The molecule has 0 aliphatic rings. The van der Waals surface area contributed by atoms with Gasteiger partial charge in [-0.05, 0) is 149 Å². The van der Waals surface area contributed by atoms with Crippen LogP contribution in [0.4, 0.5) is 0 Å². The summed E-state index contributed by atoms with van der Waals surface area (Å²) in [7, 11) is -3.08. The summed E-state index contributed by atoms with van der Waals surface area (Å²) >= 11 is 0. The van der Waals surface area contributed by atoms with Gasteiger partial charge in [0.1, 0.15) is 0 Å². The molecule has 0 saturated carbocycles. The lowest BCUT2D eigenvalue weighted by atomic mass is 9.92. The van der Waals surface area contributed by atoms with Crippen LogP contribution in [0.5, 0.6) is 0 Å². The van der Waals surface area contributed by atoms with E-state index in [1.165, 1.54) is 135 Å². The number of benzene rings is 15. The van der Waals surface area contributed by atoms with Crippen LogP contribution in [0, 0.1) is 0 Å². The molecule has 0 saturated heterocycles. The smallest absolute Gasteiger partial charge is 0.179 e. The van der Waals surface area contributed by atoms with Gasteiger partial charge in [0.2, 0.25) is 0 Å². The zero-order valence-corrected chi connectivity index (χ0v) is 49.1. The first-order chi connectivity index (χ1) is 43.7. The second-order valence-electron chi connectivity index (χ2n) is 23.5. The third kappa shape index (κ3) is 7.49. The van der Waals surface area contributed by atoms with Gasteiger partial charge in [0.15, 0.2) is 8.07 Å². The summed E-state index contributed by atoms with van der Waals surface area (Å²) in [6.45, 7) is 0. The molecule has 0 bridgehead atoms. The van der Waals surface area contributed by atoms with Crippen LogP contribution in [0.1, 0.15) is 0 Å².